The van der Waals surface area contributed by atoms with E-state index in [4.69, 9.17) is 0 Å². The van der Waals surface area contributed by atoms with E-state index >= 15 is 0 Å². The van der Waals surface area contributed by atoms with Crippen LogP contribution in [0.2, 0.25) is 0 Å². The molecule has 3 aliphatic rings. The lowest BCUT2D eigenvalue weighted by Crippen LogP contribution is -2.26. The fourth-order valence-corrected chi connectivity index (χ4v) is 11.6. The van der Waals surface area contributed by atoms with E-state index in [-0.39, 0.29) is 5.41 Å². The van der Waals surface area contributed by atoms with Gasteiger partial charge in [-0.1, -0.05) is 304 Å². The van der Waals surface area contributed by atoms with E-state index in [1.54, 1.807) is 0 Å². The fourth-order valence-electron chi connectivity index (χ4n) is 11.6. The summed E-state index contributed by atoms with van der Waals surface area (Å²) in [5.74, 6) is 1.38. The first-order chi connectivity index (χ1) is 37.3. The third-order valence-corrected chi connectivity index (χ3v) is 15.7. The normalized spacial score (nSPS) is 15.0. The smallest absolute Gasteiger partial charge is 0.0725 e. The molecule has 76 heavy (non-hydrogen) atoms. The molecule has 0 amide bonds. The van der Waals surface area contributed by atoms with E-state index in [0.29, 0.717) is 17.8 Å². The Morgan fingerprint density at radius 3 is 1.50 bits per heavy atom. The molecule has 0 bridgehead atoms. The zero-order chi connectivity index (χ0) is 53.6. The number of unbranched alkanes of at least 4 members (excludes halogenated alkanes) is 1. The minimum absolute atomic E-state index is 0.283. The summed E-state index contributed by atoms with van der Waals surface area (Å²) < 4.78 is 0. The van der Waals surface area contributed by atoms with Gasteiger partial charge in [0.15, 0.2) is 0 Å². The number of rotatable bonds is 9. The maximum atomic E-state index is 2.54. The van der Waals surface area contributed by atoms with Gasteiger partial charge in [0.25, 0.3) is 0 Å². The fraction of sp³-hybridized carbons (Fsp3) is 0.237. The minimum atomic E-state index is -0.283. The maximum absolute atomic E-state index is 2.54. The Bertz CT molecular complexity index is 3300. The standard InChI is InChI=1S/C38H28.2C17H20.2C2H6/c1-25-19-20-27(26-11-3-2-4-12-26)23-33(25)28-21-22-32-31-15-7-10-18-36(31)38(37(32)24-28)34-16-8-5-13-29(34)30-14-6-9-17-35(30)38;1-4-13(2)15-10-7-8-12-17(15)16-11-6-5-9-14(16)3;1-3-4-5-15-8-12-17(13-9-15)16-10-6-14(2)7-11-16;2*1-2/h2-25,33H,1H3;5-13H,4H2,1-3H3;6-13H,3-5H2,1-2H3;2*1-2H3. The van der Waals surface area contributed by atoms with Crippen LogP contribution >= 0.6 is 0 Å². The summed E-state index contributed by atoms with van der Waals surface area (Å²) in [6, 6.07) is 80.3. The number of allylic oxidation sites excluding steroid dienone is 4. The van der Waals surface area contributed by atoms with Crippen LogP contribution in [0.1, 0.15) is 142 Å². The highest BCUT2D eigenvalue weighted by atomic mass is 14.5. The topological polar surface area (TPSA) is 0 Å². The lowest BCUT2D eigenvalue weighted by Gasteiger charge is -2.31. The monoisotopic (exact) mass is 993 g/mol. The Morgan fingerprint density at radius 1 is 0.461 bits per heavy atom. The summed E-state index contributed by atoms with van der Waals surface area (Å²) in [5, 5.41) is 0. The van der Waals surface area contributed by atoms with E-state index in [9.17, 15) is 0 Å². The first-order valence-corrected chi connectivity index (χ1v) is 28.5. The summed E-state index contributed by atoms with van der Waals surface area (Å²) >= 11 is 0. The van der Waals surface area contributed by atoms with Crippen molar-refractivity contribution in [2.24, 2.45) is 5.92 Å². The highest BCUT2D eigenvalue weighted by Gasteiger charge is 2.51. The second-order valence-electron chi connectivity index (χ2n) is 20.3. The predicted molar refractivity (Wildman–Crippen MR) is 331 cm³/mol. The van der Waals surface area contributed by atoms with Crippen molar-refractivity contribution in [3.05, 3.63) is 292 Å². The van der Waals surface area contributed by atoms with Crippen LogP contribution in [0.4, 0.5) is 0 Å². The molecule has 12 rings (SSSR count). The molecule has 0 nitrogen and oxygen atoms in total. The Balaban J connectivity index is 0.000000168. The van der Waals surface area contributed by atoms with Crippen molar-refractivity contribution in [3.8, 4) is 44.5 Å². The average molecular weight is 993 g/mol. The second-order valence-corrected chi connectivity index (χ2v) is 20.3. The van der Waals surface area contributed by atoms with Crippen LogP contribution in [-0.4, -0.2) is 0 Å². The summed E-state index contributed by atoms with van der Waals surface area (Å²) in [4.78, 5) is 0. The molecule has 3 aliphatic carbocycles. The summed E-state index contributed by atoms with van der Waals surface area (Å²) in [6.45, 7) is 21.4. The van der Waals surface area contributed by atoms with Crippen LogP contribution in [0.3, 0.4) is 0 Å². The van der Waals surface area contributed by atoms with Gasteiger partial charge >= 0.3 is 0 Å². The molecule has 0 saturated carbocycles. The van der Waals surface area contributed by atoms with Gasteiger partial charge in [-0.25, -0.2) is 0 Å². The van der Waals surface area contributed by atoms with Crippen molar-refractivity contribution >= 4 is 5.57 Å². The maximum Gasteiger partial charge on any atom is 0.0725 e. The largest absolute Gasteiger partial charge is 0.0802 e. The quantitative estimate of drug-likeness (QED) is 0.135. The van der Waals surface area contributed by atoms with Gasteiger partial charge in [-0.05, 0) is 145 Å². The van der Waals surface area contributed by atoms with Gasteiger partial charge in [-0.3, -0.25) is 0 Å². The van der Waals surface area contributed by atoms with Gasteiger partial charge in [0.1, 0.15) is 0 Å². The highest BCUT2D eigenvalue weighted by Crippen LogP contribution is 2.63. The van der Waals surface area contributed by atoms with Crippen molar-refractivity contribution in [1.29, 1.82) is 0 Å². The lowest BCUT2D eigenvalue weighted by atomic mass is 9.69. The molecule has 0 heteroatoms. The van der Waals surface area contributed by atoms with Crippen LogP contribution in [0, 0.1) is 19.8 Å². The van der Waals surface area contributed by atoms with Gasteiger partial charge in [-0.2, -0.15) is 0 Å². The first-order valence-electron chi connectivity index (χ1n) is 28.5. The van der Waals surface area contributed by atoms with Crippen molar-refractivity contribution in [3.63, 3.8) is 0 Å². The molecule has 0 N–H and O–H groups in total. The Labute approximate surface area is 458 Å². The lowest BCUT2D eigenvalue weighted by molar-refractivity contribution is 0.635. The zero-order valence-electron chi connectivity index (χ0n) is 47.1. The number of fused-ring (bicyclic) bond motifs is 10. The zero-order valence-corrected chi connectivity index (χ0v) is 47.1. The third-order valence-electron chi connectivity index (χ3n) is 15.7. The van der Waals surface area contributed by atoms with Crippen LogP contribution in [0.15, 0.2) is 237 Å². The Hall–Kier alpha value is -7.54. The molecular formula is C76H80. The van der Waals surface area contributed by atoms with Crippen molar-refractivity contribution < 1.29 is 0 Å². The van der Waals surface area contributed by atoms with E-state index in [1.807, 2.05) is 27.7 Å². The van der Waals surface area contributed by atoms with E-state index in [2.05, 4.69) is 278 Å². The van der Waals surface area contributed by atoms with Crippen molar-refractivity contribution in [2.75, 3.05) is 0 Å². The number of benzene rings is 9. The first kappa shape index (κ1) is 54.7. The summed E-state index contributed by atoms with van der Waals surface area (Å²) in [7, 11) is 0. The van der Waals surface area contributed by atoms with Crippen molar-refractivity contribution in [1.82, 2.24) is 0 Å². The molecule has 3 atom stereocenters. The van der Waals surface area contributed by atoms with Crippen LogP contribution in [0.5, 0.6) is 0 Å². The van der Waals surface area contributed by atoms with Gasteiger partial charge in [0, 0.05) is 5.92 Å². The molecule has 0 saturated heterocycles. The molecule has 0 fully saturated rings. The minimum Gasteiger partial charge on any atom is -0.0802 e. The Morgan fingerprint density at radius 2 is 0.947 bits per heavy atom. The molecular weight excluding hydrogens is 913 g/mol. The average Bonchev–Trinajstić information content (AvgIpc) is 4.20. The number of aryl methyl sites for hydroxylation is 3. The molecule has 1 spiro atoms. The third kappa shape index (κ3) is 11.2. The number of hydrogen-bond acceptors (Lipinski definition) is 0. The highest BCUT2D eigenvalue weighted by molar-refractivity contribution is 5.95. The SMILES string of the molecule is CC.CC.CC1C=CC(c2ccccc2)=CC1c1ccc2c(c1)C1(c3ccccc3-c3ccccc31)c1ccccc1-2.CCC(C)c1ccccc1-c1ccccc1C.CCCCc1ccc(-c2ccc(C)cc2)cc1. The molecule has 9 aromatic rings. The van der Waals surface area contributed by atoms with Gasteiger partial charge in [0.2, 0.25) is 0 Å². The van der Waals surface area contributed by atoms with E-state index < -0.39 is 0 Å². The van der Waals surface area contributed by atoms with E-state index in [0.717, 1.165) is 0 Å². The Kier molecular flexibility index (Phi) is 18.6. The summed E-state index contributed by atoms with van der Waals surface area (Å²) in [6.07, 6.45) is 12.1. The predicted octanol–water partition coefficient (Wildman–Crippen LogP) is 21.6. The molecule has 384 valence electrons. The molecule has 9 aromatic carbocycles. The number of hydrogen-bond donors (Lipinski definition) is 0. The molecule has 3 unspecified atom stereocenters. The van der Waals surface area contributed by atoms with Crippen molar-refractivity contribution in [2.45, 2.75) is 112 Å². The molecule has 0 aliphatic heterocycles. The van der Waals surface area contributed by atoms with E-state index in [1.165, 1.54) is 131 Å². The van der Waals surface area contributed by atoms with Gasteiger partial charge in [0.05, 0.1) is 5.41 Å². The van der Waals surface area contributed by atoms with Crippen LogP contribution in [0.25, 0.3) is 50.1 Å². The second kappa shape index (κ2) is 25.8. The van der Waals surface area contributed by atoms with Crippen LogP contribution in [-0.2, 0) is 11.8 Å². The molecule has 0 radical (unpaired) electrons. The van der Waals surface area contributed by atoms with Crippen LogP contribution < -0.4 is 0 Å². The van der Waals surface area contributed by atoms with Gasteiger partial charge < -0.3 is 0 Å². The summed E-state index contributed by atoms with van der Waals surface area (Å²) in [5.41, 5.74) is 25.7. The molecule has 0 aromatic heterocycles. The molecule has 0 heterocycles. The van der Waals surface area contributed by atoms with Gasteiger partial charge in [-0.15, -0.1) is 0 Å².